The first-order valence-corrected chi connectivity index (χ1v) is 12.3. The summed E-state index contributed by atoms with van der Waals surface area (Å²) in [6.07, 6.45) is 6.60. The van der Waals surface area contributed by atoms with Gasteiger partial charge in [0, 0.05) is 18.3 Å². The van der Waals surface area contributed by atoms with Crippen LogP contribution in [0.25, 0.3) is 0 Å². The van der Waals surface area contributed by atoms with Crippen LogP contribution in [-0.2, 0) is 30.4 Å². The lowest BCUT2D eigenvalue weighted by atomic mass is 9.58. The lowest BCUT2D eigenvalue weighted by molar-refractivity contribution is -0.578. The quantitative estimate of drug-likeness (QED) is 0.548. The Labute approximate surface area is 186 Å². The molecule has 1 aromatic carbocycles. The van der Waals surface area contributed by atoms with E-state index >= 15 is 0 Å². The maximum absolute atomic E-state index is 6.69. The third-order valence-corrected chi connectivity index (χ3v) is 8.34. The first-order chi connectivity index (χ1) is 14.9. The second-order valence-corrected chi connectivity index (χ2v) is 10.5. The van der Waals surface area contributed by atoms with Crippen LogP contribution in [0.3, 0.4) is 0 Å². The SMILES string of the molecule is CCC[C@@H](Cc1ccccc1)O[C@H]1O[C@@H]2O[C@@]3(C)CC[C@H]4[C@H](C)CCC([C@H]1C)[C@@]24OO3. The number of rotatable bonds is 6. The average molecular weight is 431 g/mol. The van der Waals surface area contributed by atoms with Gasteiger partial charge in [0.25, 0.3) is 0 Å². The van der Waals surface area contributed by atoms with Crippen molar-refractivity contribution in [1.82, 2.24) is 0 Å². The number of benzene rings is 1. The Morgan fingerprint density at radius 1 is 1.06 bits per heavy atom. The number of hydrogen-bond donors (Lipinski definition) is 0. The minimum Gasteiger partial charge on any atom is -0.349 e. The molecule has 1 aliphatic carbocycles. The average Bonchev–Trinajstić information content (AvgIpc) is 2.99. The highest BCUT2D eigenvalue weighted by Gasteiger charge is 2.69. The van der Waals surface area contributed by atoms with Gasteiger partial charge in [-0.2, -0.15) is 0 Å². The summed E-state index contributed by atoms with van der Waals surface area (Å²) in [5.74, 6) is 0.746. The topological polar surface area (TPSA) is 46.2 Å². The minimum atomic E-state index is -0.741. The molecule has 4 aliphatic heterocycles. The third-order valence-electron chi connectivity index (χ3n) is 8.34. The predicted octanol–water partition coefficient (Wildman–Crippen LogP) is 5.62. The zero-order valence-electron chi connectivity index (χ0n) is 19.4. The van der Waals surface area contributed by atoms with Crippen molar-refractivity contribution in [3.05, 3.63) is 35.9 Å². The summed E-state index contributed by atoms with van der Waals surface area (Å²) in [6, 6.07) is 10.6. The molecule has 1 saturated carbocycles. The fourth-order valence-electron chi connectivity index (χ4n) is 6.63. The van der Waals surface area contributed by atoms with E-state index in [-0.39, 0.29) is 18.3 Å². The Kier molecular flexibility index (Phi) is 5.93. The molecule has 4 heterocycles. The molecule has 9 atom stereocenters. The zero-order chi connectivity index (χ0) is 21.6. The van der Waals surface area contributed by atoms with Crippen LogP contribution in [0, 0.1) is 23.7 Å². The van der Waals surface area contributed by atoms with E-state index in [1.54, 1.807) is 0 Å². The molecule has 5 fully saturated rings. The van der Waals surface area contributed by atoms with Gasteiger partial charge in [-0.15, -0.1) is 0 Å². The summed E-state index contributed by atoms with van der Waals surface area (Å²) >= 11 is 0. The molecule has 5 heteroatoms. The molecule has 5 aliphatic rings. The molecule has 0 N–H and O–H groups in total. The monoisotopic (exact) mass is 430 g/mol. The fourth-order valence-corrected chi connectivity index (χ4v) is 6.63. The van der Waals surface area contributed by atoms with Crippen LogP contribution in [-0.4, -0.2) is 30.1 Å². The van der Waals surface area contributed by atoms with Crippen LogP contribution in [0.5, 0.6) is 0 Å². The van der Waals surface area contributed by atoms with Gasteiger partial charge in [0.15, 0.2) is 18.2 Å². The maximum atomic E-state index is 6.69. The molecule has 6 rings (SSSR count). The van der Waals surface area contributed by atoms with Gasteiger partial charge in [0.1, 0.15) is 0 Å². The summed E-state index contributed by atoms with van der Waals surface area (Å²) in [4.78, 5) is 12.2. The Balaban J connectivity index is 1.40. The van der Waals surface area contributed by atoms with Gasteiger partial charge < -0.3 is 14.2 Å². The van der Waals surface area contributed by atoms with Crippen LogP contribution in [0.15, 0.2) is 30.3 Å². The lowest BCUT2D eigenvalue weighted by Crippen LogP contribution is -2.70. The normalized spacial score (nSPS) is 45.0. The maximum Gasteiger partial charge on any atom is 0.201 e. The van der Waals surface area contributed by atoms with Gasteiger partial charge in [0.05, 0.1) is 6.10 Å². The van der Waals surface area contributed by atoms with Gasteiger partial charge in [0.2, 0.25) is 5.79 Å². The molecular weight excluding hydrogens is 392 g/mol. The van der Waals surface area contributed by atoms with Gasteiger partial charge in [-0.25, -0.2) is 9.78 Å². The first-order valence-electron chi connectivity index (χ1n) is 12.3. The van der Waals surface area contributed by atoms with Crippen LogP contribution in [0.1, 0.15) is 71.8 Å². The van der Waals surface area contributed by atoms with Crippen LogP contribution >= 0.6 is 0 Å². The minimum absolute atomic E-state index is 0.128. The summed E-state index contributed by atoms with van der Waals surface area (Å²) in [5.41, 5.74) is 0.786. The molecule has 31 heavy (non-hydrogen) atoms. The van der Waals surface area contributed by atoms with E-state index in [1.807, 2.05) is 6.92 Å². The third kappa shape index (κ3) is 3.76. The Bertz CT molecular complexity index is 755. The molecule has 4 saturated heterocycles. The van der Waals surface area contributed by atoms with E-state index < -0.39 is 17.7 Å². The lowest BCUT2D eigenvalue weighted by Gasteiger charge is -2.60. The molecule has 1 unspecified atom stereocenters. The Morgan fingerprint density at radius 3 is 2.65 bits per heavy atom. The smallest absolute Gasteiger partial charge is 0.201 e. The molecule has 2 bridgehead atoms. The molecular formula is C26H38O5. The van der Waals surface area contributed by atoms with Gasteiger partial charge in [-0.3, -0.25) is 0 Å². The van der Waals surface area contributed by atoms with Gasteiger partial charge in [-0.1, -0.05) is 57.5 Å². The largest absolute Gasteiger partial charge is 0.349 e. The van der Waals surface area contributed by atoms with Crippen molar-refractivity contribution < 1.29 is 24.0 Å². The van der Waals surface area contributed by atoms with E-state index in [0.717, 1.165) is 38.5 Å². The highest BCUT2D eigenvalue weighted by Crippen LogP contribution is 2.60. The highest BCUT2D eigenvalue weighted by molar-refractivity contribution is 5.15. The zero-order valence-corrected chi connectivity index (χ0v) is 19.4. The molecule has 0 radical (unpaired) electrons. The highest BCUT2D eigenvalue weighted by atomic mass is 17.3. The van der Waals surface area contributed by atoms with Crippen LogP contribution in [0.2, 0.25) is 0 Å². The molecule has 0 amide bonds. The van der Waals surface area contributed by atoms with Gasteiger partial charge >= 0.3 is 0 Å². The van der Waals surface area contributed by atoms with E-state index in [2.05, 4.69) is 51.1 Å². The van der Waals surface area contributed by atoms with E-state index in [9.17, 15) is 0 Å². The second kappa shape index (κ2) is 8.42. The molecule has 172 valence electrons. The van der Waals surface area contributed by atoms with E-state index in [0.29, 0.717) is 17.8 Å². The fraction of sp³-hybridized carbons (Fsp3) is 0.769. The standard InChI is InChI=1S/C26H38O5/c1-5-9-20(16-19-10-7-6-8-11-19)27-23-18(3)22-13-12-17(2)21-14-15-25(4)29-24(28-23)26(21,22)31-30-25/h6-8,10-11,17-18,20-24H,5,9,12-16H2,1-4H3/t17-,18-,20+,21+,22?,23+,24-,25-,26-/m1/s1. The summed E-state index contributed by atoms with van der Waals surface area (Å²) in [7, 11) is 0. The number of hydrogen-bond acceptors (Lipinski definition) is 5. The predicted molar refractivity (Wildman–Crippen MR) is 117 cm³/mol. The van der Waals surface area contributed by atoms with E-state index in [4.69, 9.17) is 24.0 Å². The van der Waals surface area contributed by atoms with Crippen molar-refractivity contribution >= 4 is 0 Å². The van der Waals surface area contributed by atoms with E-state index in [1.165, 1.54) is 12.0 Å². The Hall–Kier alpha value is -0.980. The molecule has 1 spiro atoms. The first kappa shape index (κ1) is 21.8. The molecule has 5 nitrogen and oxygen atoms in total. The summed E-state index contributed by atoms with van der Waals surface area (Å²) < 4.78 is 19.8. The van der Waals surface area contributed by atoms with Crippen molar-refractivity contribution in [1.29, 1.82) is 0 Å². The van der Waals surface area contributed by atoms with Crippen LogP contribution in [0.4, 0.5) is 0 Å². The molecule has 0 aromatic heterocycles. The van der Waals surface area contributed by atoms with Crippen LogP contribution < -0.4 is 0 Å². The second-order valence-electron chi connectivity index (χ2n) is 10.5. The van der Waals surface area contributed by atoms with Gasteiger partial charge in [-0.05, 0) is 56.4 Å². The number of fused-ring (bicyclic) bond motifs is 2. The van der Waals surface area contributed by atoms with Crippen molar-refractivity contribution in [3.8, 4) is 0 Å². The van der Waals surface area contributed by atoms with Crippen molar-refractivity contribution in [2.45, 2.75) is 103 Å². The Morgan fingerprint density at radius 2 is 1.87 bits per heavy atom. The van der Waals surface area contributed by atoms with Crippen molar-refractivity contribution in [2.24, 2.45) is 23.7 Å². The van der Waals surface area contributed by atoms with Crippen molar-refractivity contribution in [3.63, 3.8) is 0 Å². The van der Waals surface area contributed by atoms with Crippen molar-refractivity contribution in [2.75, 3.05) is 0 Å². The summed E-state index contributed by atoms with van der Waals surface area (Å²) in [5, 5.41) is 0. The summed E-state index contributed by atoms with van der Waals surface area (Å²) in [6.45, 7) is 8.81. The molecule has 1 aromatic rings. The number of ether oxygens (including phenoxy) is 3.